The van der Waals surface area contributed by atoms with Gasteiger partial charge in [0.1, 0.15) is 58.8 Å². The highest BCUT2D eigenvalue weighted by Gasteiger charge is 2.50. The highest BCUT2D eigenvalue weighted by Crippen LogP contribution is 2.37. The molecule has 9 rings (SSSR count). The minimum atomic E-state index is -0.992. The Morgan fingerprint density at radius 3 is 1.23 bits per heavy atom. The number of fused-ring (bicyclic) bond motifs is 2. The van der Waals surface area contributed by atoms with Crippen molar-refractivity contribution in [2.75, 3.05) is 27.2 Å². The molecule has 8 N–H and O–H groups in total. The van der Waals surface area contributed by atoms with E-state index in [1.807, 2.05) is 73.1 Å². The van der Waals surface area contributed by atoms with E-state index in [9.17, 15) is 38.4 Å². The van der Waals surface area contributed by atoms with Gasteiger partial charge in [-0.2, -0.15) is 0 Å². The van der Waals surface area contributed by atoms with Gasteiger partial charge < -0.3 is 52.0 Å². The summed E-state index contributed by atoms with van der Waals surface area (Å²) in [6, 6.07) is 20.8. The third-order valence-electron chi connectivity index (χ3n) is 20.0. The molecule has 3 aromatic carbocycles. The molecule has 2 aromatic heterocycles. The average molecular weight is 1380 g/mol. The Kier molecular flexibility index (Phi) is 25.7. The summed E-state index contributed by atoms with van der Waals surface area (Å²) < 4.78 is 14.7. The first kappa shape index (κ1) is 75.4. The number of amides is 8. The molecular formula is C74H106N16O10. The molecule has 6 heterocycles. The molecule has 0 bridgehead atoms. The lowest BCUT2D eigenvalue weighted by Crippen LogP contribution is -2.59. The van der Waals surface area contributed by atoms with Crippen molar-refractivity contribution < 1.29 is 47.8 Å². The van der Waals surface area contributed by atoms with Crippen LogP contribution in [0.4, 0.5) is 9.59 Å². The molecule has 4 aliphatic heterocycles. The van der Waals surface area contributed by atoms with E-state index < -0.39 is 83.5 Å². The minimum Gasteiger partial charge on any atom is -0.444 e. The zero-order valence-electron chi connectivity index (χ0n) is 60.0. The van der Waals surface area contributed by atoms with Crippen molar-refractivity contribution in [2.45, 2.75) is 243 Å². The highest BCUT2D eigenvalue weighted by molar-refractivity contribution is 5.96. The molecule has 12 atom stereocenters. The Hall–Kier alpha value is -8.78. The number of carbonyl (C=O) groups excluding carboxylic acids is 8. The summed E-state index contributed by atoms with van der Waals surface area (Å²) in [7, 11) is 3.02. The van der Waals surface area contributed by atoms with Crippen LogP contribution >= 0.6 is 0 Å². The number of unbranched alkanes of at least 4 members (excludes halogenated alkanes) is 2. The van der Waals surface area contributed by atoms with E-state index in [0.29, 0.717) is 75.8 Å². The van der Waals surface area contributed by atoms with Crippen LogP contribution in [-0.2, 0) is 64.2 Å². The van der Waals surface area contributed by atoms with E-state index in [4.69, 9.17) is 20.9 Å². The number of nitrogens with two attached hydrogens (primary N) is 2. The van der Waals surface area contributed by atoms with Crippen molar-refractivity contribution in [2.24, 2.45) is 23.3 Å². The zero-order valence-corrected chi connectivity index (χ0v) is 60.0. The van der Waals surface area contributed by atoms with Crippen LogP contribution in [0.3, 0.4) is 0 Å². The molecule has 0 radical (unpaired) electrons. The molecule has 0 saturated carbocycles. The summed E-state index contributed by atoms with van der Waals surface area (Å²) in [5, 5.41) is 30.5. The number of nitrogens with zero attached hydrogens (tertiary/aromatic N) is 10. The van der Waals surface area contributed by atoms with Gasteiger partial charge in [0.2, 0.25) is 35.4 Å². The molecule has 4 aliphatic rings. The maximum atomic E-state index is 14.7. The lowest BCUT2D eigenvalue weighted by molar-refractivity contribution is -0.144. The summed E-state index contributed by atoms with van der Waals surface area (Å²) in [6.07, 6.45) is 12.8. The molecule has 26 heteroatoms. The molecule has 100 heavy (non-hydrogen) atoms. The van der Waals surface area contributed by atoms with Crippen molar-refractivity contribution in [3.63, 3.8) is 0 Å². The standard InChI is InChI=1S/C74H106N16O10/c1-11-57(85(9)71(97)99-73(3,4)5)65(91)79-63-51(43-75)33-35-53-37-39-59(89(53)69(63)95)67(93)77-61(49-25-15-13-16-26-49)55-45-87(83-81-55)41-21-19-23-47-29-31-48(32-30-47)24-20-22-42-88-46-56(82-84-88)62(50-27-17-14-18-28-50)78-68(94)60-40-38-54-36-34-52(44-76)64(70(96)90(54)60)80-66(92)58(12-2)86(10)72(98)100-74(6,7)8/h13-18,25-32,45-46,51-54,57-64H,11-12,19-24,33-44,75-76H2,1-10H3,(H,77,93)(H,78,94)(H,79,91)(H,80,92). The summed E-state index contributed by atoms with van der Waals surface area (Å²) in [5.41, 5.74) is 16.2. The molecule has 0 aliphatic carbocycles. The number of hydrogen-bond donors (Lipinski definition) is 6. The van der Waals surface area contributed by atoms with E-state index in [1.54, 1.807) is 74.6 Å². The van der Waals surface area contributed by atoms with Gasteiger partial charge in [-0.15, -0.1) is 10.2 Å². The quantitative estimate of drug-likeness (QED) is 0.0273. The zero-order chi connectivity index (χ0) is 72.0. The van der Waals surface area contributed by atoms with Crippen molar-refractivity contribution in [3.05, 3.63) is 131 Å². The number of nitrogens with one attached hydrogen (secondary N) is 4. The van der Waals surface area contributed by atoms with Gasteiger partial charge in [0, 0.05) is 51.1 Å². The first-order valence-corrected chi connectivity index (χ1v) is 35.9. The highest BCUT2D eigenvalue weighted by atomic mass is 16.6. The largest absolute Gasteiger partial charge is 0.444 e. The van der Waals surface area contributed by atoms with Crippen LogP contribution in [-0.4, -0.2) is 184 Å². The van der Waals surface area contributed by atoms with E-state index in [1.165, 1.54) is 35.0 Å². The molecule has 542 valence electrons. The summed E-state index contributed by atoms with van der Waals surface area (Å²) in [4.78, 5) is 118. The predicted octanol–water partition coefficient (Wildman–Crippen LogP) is 7.04. The first-order chi connectivity index (χ1) is 47.8. The van der Waals surface area contributed by atoms with Crippen LogP contribution in [0.15, 0.2) is 97.3 Å². The lowest BCUT2D eigenvalue weighted by atomic mass is 9.93. The summed E-state index contributed by atoms with van der Waals surface area (Å²) in [5.74, 6) is -3.11. The van der Waals surface area contributed by atoms with E-state index in [2.05, 4.69) is 66.2 Å². The van der Waals surface area contributed by atoms with Crippen molar-refractivity contribution in [1.29, 1.82) is 0 Å². The molecule has 8 amide bonds. The number of ether oxygens (including phenoxy) is 2. The monoisotopic (exact) mass is 1380 g/mol. The molecule has 4 fully saturated rings. The number of rotatable bonds is 28. The topological polar surface area (TPSA) is 330 Å². The van der Waals surface area contributed by atoms with Crippen LogP contribution in [0.1, 0.15) is 191 Å². The van der Waals surface area contributed by atoms with Gasteiger partial charge in [0.25, 0.3) is 0 Å². The smallest absolute Gasteiger partial charge is 0.410 e. The number of hydrogen-bond acceptors (Lipinski definition) is 16. The molecule has 12 unspecified atom stereocenters. The number of carbonyl (C=O) groups is 8. The second-order valence-corrected chi connectivity index (χ2v) is 29.4. The SMILES string of the molecule is CCC(C(=O)NC1C(=O)N2C(CCC1CN)CCC2C(=O)NC(c1ccccc1)c1cn(CCCCc2ccc(CCCCn3cc(C(NC(=O)C4CCC5CCC(CN)C(NC(=O)C(CC)N(C)C(=O)OC(C)(C)C)C(=O)N54)c4ccccc4)nn3)cc2)nn1)N(C)C(=O)OC(C)(C)C. The third kappa shape index (κ3) is 19.0. The van der Waals surface area contributed by atoms with Gasteiger partial charge in [-0.25, -0.2) is 9.59 Å². The summed E-state index contributed by atoms with van der Waals surface area (Å²) >= 11 is 0. The summed E-state index contributed by atoms with van der Waals surface area (Å²) in [6.45, 7) is 15.6. The van der Waals surface area contributed by atoms with Gasteiger partial charge in [-0.1, -0.05) is 109 Å². The Morgan fingerprint density at radius 1 is 0.530 bits per heavy atom. The van der Waals surface area contributed by atoms with Crippen molar-refractivity contribution in [1.82, 2.24) is 70.9 Å². The van der Waals surface area contributed by atoms with Crippen LogP contribution in [0.25, 0.3) is 0 Å². The van der Waals surface area contributed by atoms with Crippen LogP contribution in [0.2, 0.25) is 0 Å². The molecular weight excluding hydrogens is 1270 g/mol. The number of aromatic nitrogens is 6. The average Bonchev–Trinajstić information content (AvgIpc) is 1.63. The van der Waals surface area contributed by atoms with Crippen LogP contribution in [0, 0.1) is 11.8 Å². The van der Waals surface area contributed by atoms with E-state index >= 15 is 0 Å². The Labute approximate surface area is 588 Å². The van der Waals surface area contributed by atoms with E-state index in [-0.39, 0.29) is 73.5 Å². The first-order valence-electron chi connectivity index (χ1n) is 35.9. The van der Waals surface area contributed by atoms with Gasteiger partial charge in [-0.3, -0.25) is 47.9 Å². The maximum absolute atomic E-state index is 14.7. The number of aryl methyl sites for hydroxylation is 4. The fourth-order valence-electron chi connectivity index (χ4n) is 14.6. The van der Waals surface area contributed by atoms with Gasteiger partial charge in [0.15, 0.2) is 0 Å². The Morgan fingerprint density at radius 2 is 0.890 bits per heavy atom. The van der Waals surface area contributed by atoms with E-state index in [0.717, 1.165) is 49.7 Å². The minimum absolute atomic E-state index is 0.152. The normalized spacial score (nSPS) is 22.0. The molecule has 4 saturated heterocycles. The van der Waals surface area contributed by atoms with Gasteiger partial charge in [0.05, 0.1) is 24.5 Å². The molecule has 26 nitrogen and oxygen atoms in total. The lowest BCUT2D eigenvalue weighted by Gasteiger charge is -2.34. The Bertz CT molecular complexity index is 3340. The van der Waals surface area contributed by atoms with Gasteiger partial charge in [-0.05, 0) is 180 Å². The molecule has 0 spiro atoms. The predicted molar refractivity (Wildman–Crippen MR) is 376 cm³/mol. The Balaban J connectivity index is 0.746. The van der Waals surface area contributed by atoms with Crippen molar-refractivity contribution in [3.8, 4) is 0 Å². The van der Waals surface area contributed by atoms with Crippen molar-refractivity contribution >= 4 is 47.6 Å². The fourth-order valence-corrected chi connectivity index (χ4v) is 14.6. The van der Waals surface area contributed by atoms with Crippen LogP contribution in [0.5, 0.6) is 0 Å². The molecule has 5 aromatic rings. The fraction of sp³-hybridized carbons (Fsp3) is 0.595. The number of benzene rings is 3. The van der Waals surface area contributed by atoms with Gasteiger partial charge >= 0.3 is 12.2 Å². The third-order valence-corrected chi connectivity index (χ3v) is 20.0. The number of likely N-dealkylation sites (N-methyl/N-ethyl adjacent to an activating group) is 2. The maximum Gasteiger partial charge on any atom is 0.410 e. The second kappa shape index (κ2) is 34.1. The second-order valence-electron chi connectivity index (χ2n) is 29.4. The van der Waals surface area contributed by atoms with Crippen LogP contribution < -0.4 is 32.7 Å².